The number of nitrogens with one attached hydrogen (secondary N) is 1. The first-order chi connectivity index (χ1) is 14.0. The van der Waals surface area contributed by atoms with Gasteiger partial charge in [0.2, 0.25) is 10.0 Å². The summed E-state index contributed by atoms with van der Waals surface area (Å²) in [5.74, 6) is 0.854. The minimum Gasteiger partial charge on any atom is -0.490 e. The number of carbonyl (C=O) groups is 1. The molecule has 4 rings (SSSR count). The van der Waals surface area contributed by atoms with E-state index in [4.69, 9.17) is 9.47 Å². The summed E-state index contributed by atoms with van der Waals surface area (Å²) in [6.45, 7) is 2.20. The molecule has 0 aliphatic carbocycles. The van der Waals surface area contributed by atoms with E-state index in [2.05, 4.69) is 5.32 Å². The Hall–Kier alpha value is -2.58. The van der Waals surface area contributed by atoms with Gasteiger partial charge in [0.05, 0.1) is 18.1 Å². The number of ether oxygens (including phenoxy) is 2. The van der Waals surface area contributed by atoms with E-state index in [-0.39, 0.29) is 16.4 Å². The second-order valence-corrected chi connectivity index (χ2v) is 9.10. The van der Waals surface area contributed by atoms with Gasteiger partial charge in [-0.1, -0.05) is 12.5 Å². The SMILES string of the molecule is O=C(Nc1ccc2c(c1)OCCCO2)c1cccc(S(=O)(=O)N2CCCCC2)c1. The predicted molar refractivity (Wildman–Crippen MR) is 109 cm³/mol. The number of carbonyl (C=O) groups excluding carboxylic acids is 1. The number of piperidine rings is 1. The highest BCUT2D eigenvalue weighted by molar-refractivity contribution is 7.89. The van der Waals surface area contributed by atoms with Crippen molar-refractivity contribution >= 4 is 21.6 Å². The van der Waals surface area contributed by atoms with E-state index in [1.165, 1.54) is 16.4 Å². The topological polar surface area (TPSA) is 84.9 Å². The third-order valence-corrected chi connectivity index (χ3v) is 6.95. The molecule has 7 nitrogen and oxygen atoms in total. The van der Waals surface area contributed by atoms with E-state index in [9.17, 15) is 13.2 Å². The Morgan fingerprint density at radius 1 is 0.897 bits per heavy atom. The Morgan fingerprint density at radius 3 is 2.45 bits per heavy atom. The van der Waals surface area contributed by atoms with Crippen molar-refractivity contribution in [3.8, 4) is 11.5 Å². The number of rotatable bonds is 4. The van der Waals surface area contributed by atoms with E-state index < -0.39 is 10.0 Å². The Morgan fingerprint density at radius 2 is 1.66 bits per heavy atom. The van der Waals surface area contributed by atoms with Crippen LogP contribution in [0.25, 0.3) is 0 Å². The van der Waals surface area contributed by atoms with Crippen LogP contribution in [0.4, 0.5) is 5.69 Å². The number of amides is 1. The van der Waals surface area contributed by atoms with Crippen molar-refractivity contribution in [1.29, 1.82) is 0 Å². The Kier molecular flexibility index (Phi) is 5.73. The zero-order valence-corrected chi connectivity index (χ0v) is 16.9. The molecule has 1 fully saturated rings. The maximum atomic E-state index is 12.9. The van der Waals surface area contributed by atoms with Crippen LogP contribution in [0.15, 0.2) is 47.4 Å². The third kappa shape index (κ3) is 4.38. The van der Waals surface area contributed by atoms with Crippen molar-refractivity contribution in [2.75, 3.05) is 31.6 Å². The van der Waals surface area contributed by atoms with Crippen LogP contribution in [0.3, 0.4) is 0 Å². The number of nitrogens with zero attached hydrogens (tertiary/aromatic N) is 1. The van der Waals surface area contributed by atoms with Gasteiger partial charge in [0, 0.05) is 36.8 Å². The first-order valence-electron chi connectivity index (χ1n) is 9.85. The van der Waals surface area contributed by atoms with E-state index >= 15 is 0 Å². The summed E-state index contributed by atoms with van der Waals surface area (Å²) in [6, 6.07) is 11.4. The first kappa shape index (κ1) is 19.7. The molecule has 154 valence electrons. The minimum absolute atomic E-state index is 0.144. The smallest absolute Gasteiger partial charge is 0.255 e. The zero-order chi connectivity index (χ0) is 20.3. The summed E-state index contributed by atoms with van der Waals surface area (Å²) in [6.07, 6.45) is 3.58. The fraction of sp³-hybridized carbons (Fsp3) is 0.381. The van der Waals surface area contributed by atoms with Crippen molar-refractivity contribution in [1.82, 2.24) is 4.31 Å². The molecule has 0 spiro atoms. The van der Waals surface area contributed by atoms with Crippen LogP contribution in [0.2, 0.25) is 0 Å². The zero-order valence-electron chi connectivity index (χ0n) is 16.1. The summed E-state index contributed by atoms with van der Waals surface area (Å²) in [5.41, 5.74) is 0.846. The lowest BCUT2D eigenvalue weighted by Crippen LogP contribution is -2.35. The highest BCUT2D eigenvalue weighted by atomic mass is 32.2. The highest BCUT2D eigenvalue weighted by Gasteiger charge is 2.26. The van der Waals surface area contributed by atoms with Gasteiger partial charge < -0.3 is 14.8 Å². The van der Waals surface area contributed by atoms with E-state index in [1.807, 2.05) is 0 Å². The summed E-state index contributed by atoms with van der Waals surface area (Å²) in [5, 5.41) is 2.80. The number of sulfonamides is 1. The number of anilines is 1. The van der Waals surface area contributed by atoms with E-state index in [0.29, 0.717) is 43.5 Å². The van der Waals surface area contributed by atoms with Gasteiger partial charge >= 0.3 is 0 Å². The maximum absolute atomic E-state index is 12.9. The van der Waals surface area contributed by atoms with E-state index in [0.717, 1.165) is 25.7 Å². The molecular weight excluding hydrogens is 392 g/mol. The maximum Gasteiger partial charge on any atom is 0.255 e. The third-order valence-electron chi connectivity index (χ3n) is 5.05. The molecule has 0 unspecified atom stereocenters. The molecule has 8 heteroatoms. The monoisotopic (exact) mass is 416 g/mol. The highest BCUT2D eigenvalue weighted by Crippen LogP contribution is 2.32. The molecule has 2 heterocycles. The molecule has 0 saturated carbocycles. The first-order valence-corrected chi connectivity index (χ1v) is 11.3. The van der Waals surface area contributed by atoms with Crippen LogP contribution in [-0.4, -0.2) is 44.9 Å². The summed E-state index contributed by atoms with van der Waals surface area (Å²) < 4.78 is 38.5. The van der Waals surface area contributed by atoms with Crippen LogP contribution >= 0.6 is 0 Å². The average Bonchev–Trinajstić information content (AvgIpc) is 2.99. The molecule has 0 atom stereocenters. The van der Waals surface area contributed by atoms with Gasteiger partial charge in [-0.15, -0.1) is 0 Å². The average molecular weight is 416 g/mol. The number of hydrogen-bond acceptors (Lipinski definition) is 5. The fourth-order valence-corrected chi connectivity index (χ4v) is 5.06. The molecule has 29 heavy (non-hydrogen) atoms. The Labute approximate surface area is 170 Å². The van der Waals surface area contributed by atoms with Crippen molar-refractivity contribution in [2.45, 2.75) is 30.6 Å². The molecule has 1 saturated heterocycles. The molecule has 1 N–H and O–H groups in total. The molecule has 2 aliphatic heterocycles. The standard InChI is InChI=1S/C21H24N2O5S/c24-21(22-17-8-9-19-20(15-17)28-13-5-12-27-19)16-6-4-7-18(14-16)29(25,26)23-10-2-1-3-11-23/h4,6-9,14-15H,1-3,5,10-13H2,(H,22,24). The second-order valence-electron chi connectivity index (χ2n) is 7.16. The van der Waals surface area contributed by atoms with Crippen LogP contribution in [0, 0.1) is 0 Å². The van der Waals surface area contributed by atoms with Crippen molar-refractivity contribution in [2.24, 2.45) is 0 Å². The number of hydrogen-bond donors (Lipinski definition) is 1. The van der Waals surface area contributed by atoms with Gasteiger partial charge in [-0.2, -0.15) is 4.31 Å². The van der Waals surface area contributed by atoms with Crippen molar-refractivity contribution in [3.05, 3.63) is 48.0 Å². The summed E-state index contributed by atoms with van der Waals surface area (Å²) in [7, 11) is -3.59. The van der Waals surface area contributed by atoms with Gasteiger partial charge in [-0.25, -0.2) is 8.42 Å². The molecular formula is C21H24N2O5S. The van der Waals surface area contributed by atoms with Gasteiger partial charge in [-0.3, -0.25) is 4.79 Å². The molecule has 0 radical (unpaired) electrons. The second kappa shape index (κ2) is 8.42. The van der Waals surface area contributed by atoms with Gasteiger partial charge in [0.1, 0.15) is 0 Å². The van der Waals surface area contributed by atoms with Crippen molar-refractivity contribution < 1.29 is 22.7 Å². The molecule has 0 bridgehead atoms. The van der Waals surface area contributed by atoms with Gasteiger partial charge in [0.25, 0.3) is 5.91 Å². The largest absolute Gasteiger partial charge is 0.490 e. The fourth-order valence-electron chi connectivity index (χ4n) is 3.50. The Balaban J connectivity index is 1.52. The Bertz CT molecular complexity index is 1000. The lowest BCUT2D eigenvalue weighted by atomic mass is 10.2. The molecule has 2 aromatic rings. The van der Waals surface area contributed by atoms with Gasteiger partial charge in [0.15, 0.2) is 11.5 Å². The van der Waals surface area contributed by atoms with E-state index in [1.54, 1.807) is 30.3 Å². The number of fused-ring (bicyclic) bond motifs is 1. The van der Waals surface area contributed by atoms with Crippen LogP contribution in [-0.2, 0) is 10.0 Å². The number of benzene rings is 2. The lowest BCUT2D eigenvalue weighted by Gasteiger charge is -2.26. The van der Waals surface area contributed by atoms with Crippen LogP contribution < -0.4 is 14.8 Å². The molecule has 0 aromatic heterocycles. The summed E-state index contributed by atoms with van der Waals surface area (Å²) >= 11 is 0. The minimum atomic E-state index is -3.59. The van der Waals surface area contributed by atoms with Crippen molar-refractivity contribution in [3.63, 3.8) is 0 Å². The van der Waals surface area contributed by atoms with Gasteiger partial charge in [-0.05, 0) is 43.2 Å². The predicted octanol–water partition coefficient (Wildman–Crippen LogP) is 3.27. The summed E-state index contributed by atoms with van der Waals surface area (Å²) in [4.78, 5) is 12.9. The quantitative estimate of drug-likeness (QED) is 0.827. The molecule has 2 aromatic carbocycles. The molecule has 1 amide bonds. The van der Waals surface area contributed by atoms with Crippen LogP contribution in [0.1, 0.15) is 36.0 Å². The lowest BCUT2D eigenvalue weighted by molar-refractivity contribution is 0.102. The normalized spacial score (nSPS) is 17.4. The van der Waals surface area contributed by atoms with Crippen LogP contribution in [0.5, 0.6) is 11.5 Å². The molecule has 2 aliphatic rings.